The highest BCUT2D eigenvalue weighted by Gasteiger charge is 2.03. The second-order valence-electron chi connectivity index (χ2n) is 4.30. The Hall–Kier alpha value is -0.860. The van der Waals surface area contributed by atoms with Gasteiger partial charge in [-0.2, -0.15) is 0 Å². The number of rotatable bonds is 6. The fraction of sp³-hybridized carbons (Fsp3) is 0.538. The topological polar surface area (TPSA) is 23.5 Å². The maximum atomic E-state index is 8.92. The van der Waals surface area contributed by atoms with E-state index in [1.807, 2.05) is 6.07 Å². The molecule has 1 unspecified atom stereocenters. The van der Waals surface area contributed by atoms with E-state index in [4.69, 9.17) is 5.11 Å². The van der Waals surface area contributed by atoms with Crippen molar-refractivity contribution in [2.45, 2.75) is 19.9 Å². The lowest BCUT2D eigenvalue weighted by atomic mass is 10.1. The minimum Gasteiger partial charge on any atom is -0.396 e. The van der Waals surface area contributed by atoms with E-state index in [1.54, 1.807) is 0 Å². The minimum absolute atomic E-state index is 0.291. The molecule has 2 heteroatoms. The van der Waals surface area contributed by atoms with Crippen LogP contribution in [0.4, 0.5) is 0 Å². The molecule has 0 saturated heterocycles. The summed E-state index contributed by atoms with van der Waals surface area (Å²) in [6.45, 7) is 4.39. The fourth-order valence-electron chi connectivity index (χ4n) is 1.51. The molecule has 15 heavy (non-hydrogen) atoms. The Balaban J connectivity index is 2.27. The van der Waals surface area contributed by atoms with Gasteiger partial charge in [0.1, 0.15) is 0 Å². The van der Waals surface area contributed by atoms with Crippen LogP contribution in [-0.2, 0) is 6.54 Å². The SMILES string of the molecule is CC(CO)CCN(C)Cc1ccccc1. The van der Waals surface area contributed by atoms with E-state index in [9.17, 15) is 0 Å². The van der Waals surface area contributed by atoms with Crippen molar-refractivity contribution in [3.05, 3.63) is 35.9 Å². The van der Waals surface area contributed by atoms with E-state index in [0.717, 1.165) is 19.5 Å². The van der Waals surface area contributed by atoms with Crippen molar-refractivity contribution in [2.75, 3.05) is 20.2 Å². The summed E-state index contributed by atoms with van der Waals surface area (Å²) in [6, 6.07) is 10.5. The molecule has 0 fully saturated rings. The average Bonchev–Trinajstić information content (AvgIpc) is 2.27. The third-order valence-electron chi connectivity index (χ3n) is 2.61. The standard InChI is InChI=1S/C13H21NO/c1-12(11-15)8-9-14(2)10-13-6-4-3-5-7-13/h3-7,12,15H,8-11H2,1-2H3. The monoisotopic (exact) mass is 207 g/mol. The Morgan fingerprint density at radius 2 is 1.93 bits per heavy atom. The Morgan fingerprint density at radius 3 is 2.53 bits per heavy atom. The second-order valence-corrected chi connectivity index (χ2v) is 4.30. The first kappa shape index (κ1) is 12.2. The van der Waals surface area contributed by atoms with E-state index in [1.165, 1.54) is 5.56 Å². The van der Waals surface area contributed by atoms with Gasteiger partial charge in [0.25, 0.3) is 0 Å². The summed E-state index contributed by atoms with van der Waals surface area (Å²) in [5, 5.41) is 8.92. The number of benzene rings is 1. The molecule has 1 aromatic carbocycles. The summed E-state index contributed by atoms with van der Waals surface area (Å²) in [6.07, 6.45) is 1.06. The molecule has 0 aliphatic rings. The molecular weight excluding hydrogens is 186 g/mol. The molecule has 84 valence electrons. The van der Waals surface area contributed by atoms with Gasteiger partial charge >= 0.3 is 0 Å². The number of hydrogen-bond donors (Lipinski definition) is 1. The fourth-order valence-corrected chi connectivity index (χ4v) is 1.51. The van der Waals surface area contributed by atoms with Crippen molar-refractivity contribution in [3.63, 3.8) is 0 Å². The quantitative estimate of drug-likeness (QED) is 0.772. The van der Waals surface area contributed by atoms with Crippen LogP contribution in [-0.4, -0.2) is 30.2 Å². The number of nitrogens with zero attached hydrogens (tertiary/aromatic N) is 1. The molecule has 0 amide bonds. The highest BCUT2D eigenvalue weighted by Crippen LogP contribution is 2.06. The summed E-state index contributed by atoms with van der Waals surface area (Å²) < 4.78 is 0. The Morgan fingerprint density at radius 1 is 1.27 bits per heavy atom. The van der Waals surface area contributed by atoms with Crippen LogP contribution in [0.25, 0.3) is 0 Å². The van der Waals surface area contributed by atoms with Crippen molar-refractivity contribution < 1.29 is 5.11 Å². The van der Waals surface area contributed by atoms with Crippen molar-refractivity contribution in [3.8, 4) is 0 Å². The normalized spacial score (nSPS) is 13.1. The van der Waals surface area contributed by atoms with Crippen molar-refractivity contribution >= 4 is 0 Å². The van der Waals surface area contributed by atoms with Gasteiger partial charge in [0.2, 0.25) is 0 Å². The van der Waals surface area contributed by atoms with Gasteiger partial charge in [-0.25, -0.2) is 0 Å². The van der Waals surface area contributed by atoms with Crippen LogP contribution in [0.2, 0.25) is 0 Å². The molecule has 0 aliphatic carbocycles. The van der Waals surface area contributed by atoms with Crippen LogP contribution in [0.5, 0.6) is 0 Å². The van der Waals surface area contributed by atoms with Gasteiger partial charge in [-0.05, 0) is 31.5 Å². The van der Waals surface area contributed by atoms with Crippen LogP contribution in [0.1, 0.15) is 18.9 Å². The number of aliphatic hydroxyl groups excluding tert-OH is 1. The molecule has 0 radical (unpaired) electrons. The maximum absolute atomic E-state index is 8.92. The molecule has 0 heterocycles. The zero-order valence-corrected chi connectivity index (χ0v) is 9.69. The molecule has 0 aliphatic heterocycles. The molecule has 0 spiro atoms. The lowest BCUT2D eigenvalue weighted by molar-refractivity contribution is 0.209. The summed E-state index contributed by atoms with van der Waals surface area (Å²) in [5.74, 6) is 0.406. The first-order chi connectivity index (χ1) is 7.22. The van der Waals surface area contributed by atoms with Gasteiger partial charge < -0.3 is 10.0 Å². The van der Waals surface area contributed by atoms with Gasteiger partial charge in [-0.1, -0.05) is 37.3 Å². The van der Waals surface area contributed by atoms with Gasteiger partial charge in [-0.3, -0.25) is 0 Å². The van der Waals surface area contributed by atoms with E-state index in [2.05, 4.69) is 43.1 Å². The summed E-state index contributed by atoms with van der Waals surface area (Å²) in [5.41, 5.74) is 1.34. The van der Waals surface area contributed by atoms with Crippen LogP contribution in [0.15, 0.2) is 30.3 Å². The zero-order valence-electron chi connectivity index (χ0n) is 9.69. The highest BCUT2D eigenvalue weighted by molar-refractivity contribution is 5.14. The van der Waals surface area contributed by atoms with E-state index >= 15 is 0 Å². The lowest BCUT2D eigenvalue weighted by Crippen LogP contribution is -2.21. The molecular formula is C13H21NO. The van der Waals surface area contributed by atoms with Crippen molar-refractivity contribution in [1.82, 2.24) is 4.90 Å². The van der Waals surface area contributed by atoms with Crippen LogP contribution < -0.4 is 0 Å². The molecule has 0 saturated carbocycles. The Kier molecular flexibility index (Phi) is 5.37. The van der Waals surface area contributed by atoms with Gasteiger partial charge in [-0.15, -0.1) is 0 Å². The maximum Gasteiger partial charge on any atom is 0.0457 e. The predicted molar refractivity (Wildman–Crippen MR) is 63.6 cm³/mol. The smallest absolute Gasteiger partial charge is 0.0457 e. The molecule has 2 nitrogen and oxygen atoms in total. The molecule has 1 rings (SSSR count). The second kappa shape index (κ2) is 6.59. The Bertz CT molecular complexity index is 260. The largest absolute Gasteiger partial charge is 0.396 e. The van der Waals surface area contributed by atoms with Crippen LogP contribution >= 0.6 is 0 Å². The summed E-state index contributed by atoms with van der Waals surface area (Å²) in [7, 11) is 2.12. The summed E-state index contributed by atoms with van der Waals surface area (Å²) in [4.78, 5) is 2.29. The predicted octanol–water partition coefficient (Wildman–Crippen LogP) is 2.14. The molecule has 1 N–H and O–H groups in total. The van der Waals surface area contributed by atoms with Gasteiger partial charge in [0.05, 0.1) is 0 Å². The lowest BCUT2D eigenvalue weighted by Gasteiger charge is -2.18. The van der Waals surface area contributed by atoms with Gasteiger partial charge in [0, 0.05) is 13.2 Å². The first-order valence-corrected chi connectivity index (χ1v) is 5.55. The molecule has 1 aromatic rings. The first-order valence-electron chi connectivity index (χ1n) is 5.55. The molecule has 0 aromatic heterocycles. The van der Waals surface area contributed by atoms with Crippen LogP contribution in [0.3, 0.4) is 0 Å². The third kappa shape index (κ3) is 4.96. The summed E-state index contributed by atoms with van der Waals surface area (Å²) >= 11 is 0. The van der Waals surface area contributed by atoms with Gasteiger partial charge in [0.15, 0.2) is 0 Å². The third-order valence-corrected chi connectivity index (χ3v) is 2.61. The molecule has 0 bridgehead atoms. The average molecular weight is 207 g/mol. The molecule has 1 atom stereocenters. The number of aliphatic hydroxyl groups is 1. The Labute approximate surface area is 92.5 Å². The van der Waals surface area contributed by atoms with E-state index in [-0.39, 0.29) is 0 Å². The van der Waals surface area contributed by atoms with Crippen LogP contribution in [0, 0.1) is 5.92 Å². The number of hydrogen-bond acceptors (Lipinski definition) is 2. The van der Waals surface area contributed by atoms with Crippen molar-refractivity contribution in [1.29, 1.82) is 0 Å². The van der Waals surface area contributed by atoms with E-state index in [0.29, 0.717) is 12.5 Å². The minimum atomic E-state index is 0.291. The highest BCUT2D eigenvalue weighted by atomic mass is 16.3. The van der Waals surface area contributed by atoms with E-state index < -0.39 is 0 Å². The zero-order chi connectivity index (χ0) is 11.1. The van der Waals surface area contributed by atoms with Crippen molar-refractivity contribution in [2.24, 2.45) is 5.92 Å².